The van der Waals surface area contributed by atoms with Gasteiger partial charge in [0, 0.05) is 0 Å². The molecule has 7 nitrogen and oxygen atoms in total. The summed E-state index contributed by atoms with van der Waals surface area (Å²) in [7, 11) is 0. The number of amides is 1. The van der Waals surface area contributed by atoms with Gasteiger partial charge in [0.05, 0.1) is 11.3 Å². The minimum Gasteiger partial charge on any atom is -0.459 e. The summed E-state index contributed by atoms with van der Waals surface area (Å²) in [4.78, 5) is 24.5. The van der Waals surface area contributed by atoms with Crippen LogP contribution in [0.2, 0.25) is 5.02 Å². The molecule has 1 aliphatic heterocycles. The van der Waals surface area contributed by atoms with Crippen LogP contribution in [-0.4, -0.2) is 24.7 Å². The molecule has 1 aromatic heterocycles. The number of carbonyl (C=O) groups excluding carboxylic acids is 2. The van der Waals surface area contributed by atoms with E-state index < -0.39 is 17.9 Å². The normalized spacial score (nSPS) is 13.5. The van der Waals surface area contributed by atoms with E-state index in [-0.39, 0.29) is 25.1 Å². The van der Waals surface area contributed by atoms with Crippen LogP contribution in [0.5, 0.6) is 11.5 Å². The molecule has 2 heterocycles. The average Bonchev–Trinajstić information content (AvgIpc) is 3.28. The summed E-state index contributed by atoms with van der Waals surface area (Å²) in [6, 6.07) is 5.66. The Morgan fingerprint density at radius 1 is 1.31 bits per heavy atom. The smallest absolute Gasteiger partial charge is 0.329 e. The molecule has 1 N–H and O–H groups in total. The summed E-state index contributed by atoms with van der Waals surface area (Å²) in [6.45, 7) is 3.72. The molecule has 0 radical (unpaired) electrons. The predicted molar refractivity (Wildman–Crippen MR) is 92.2 cm³/mol. The number of rotatable bonds is 6. The van der Waals surface area contributed by atoms with Crippen LogP contribution < -0.4 is 14.8 Å². The Kier molecular flexibility index (Phi) is 5.37. The Morgan fingerprint density at radius 2 is 2.12 bits per heavy atom. The molecule has 1 amide bonds. The fraction of sp³-hybridized carbons (Fsp3) is 0.333. The Balaban J connectivity index is 1.63. The van der Waals surface area contributed by atoms with Gasteiger partial charge in [0.1, 0.15) is 12.6 Å². The van der Waals surface area contributed by atoms with E-state index in [0.717, 1.165) is 0 Å². The molecule has 0 unspecified atom stereocenters. The minimum absolute atomic E-state index is 0.00492. The number of furan rings is 1. The van der Waals surface area contributed by atoms with Crippen molar-refractivity contribution in [3.63, 3.8) is 0 Å². The number of esters is 1. The molecule has 1 atom stereocenters. The van der Waals surface area contributed by atoms with Crippen LogP contribution in [0.3, 0.4) is 0 Å². The Hall–Kier alpha value is -2.67. The van der Waals surface area contributed by atoms with Gasteiger partial charge in [-0.1, -0.05) is 25.4 Å². The van der Waals surface area contributed by atoms with Crippen LogP contribution in [-0.2, 0) is 16.1 Å². The van der Waals surface area contributed by atoms with Gasteiger partial charge in [-0.25, -0.2) is 4.79 Å². The first-order valence-corrected chi connectivity index (χ1v) is 8.42. The summed E-state index contributed by atoms with van der Waals surface area (Å²) in [6.07, 6.45) is 1.39. The zero-order valence-electron chi connectivity index (χ0n) is 14.3. The van der Waals surface area contributed by atoms with E-state index in [4.69, 9.17) is 30.2 Å². The van der Waals surface area contributed by atoms with Gasteiger partial charge < -0.3 is 23.9 Å². The lowest BCUT2D eigenvalue weighted by molar-refractivity contribution is -0.148. The number of ether oxygens (including phenoxy) is 3. The molecule has 0 spiro atoms. The van der Waals surface area contributed by atoms with Crippen LogP contribution in [0, 0.1) is 5.92 Å². The van der Waals surface area contributed by atoms with E-state index in [2.05, 4.69) is 5.32 Å². The molecule has 0 fully saturated rings. The molecule has 0 saturated carbocycles. The highest BCUT2D eigenvalue weighted by Crippen LogP contribution is 2.39. The molecule has 8 heteroatoms. The second-order valence-electron chi connectivity index (χ2n) is 6.09. The summed E-state index contributed by atoms with van der Waals surface area (Å²) in [5.74, 6) is -0.0687. The van der Waals surface area contributed by atoms with E-state index in [1.807, 2.05) is 13.8 Å². The monoisotopic (exact) mass is 379 g/mol. The SMILES string of the molecule is CC(C)[C@H](NC(=O)c1ccco1)C(=O)OCc1cc(Cl)c2c(c1)OCO2. The van der Waals surface area contributed by atoms with Crippen molar-refractivity contribution < 1.29 is 28.2 Å². The second kappa shape index (κ2) is 7.70. The highest BCUT2D eigenvalue weighted by atomic mass is 35.5. The van der Waals surface area contributed by atoms with Gasteiger partial charge in [0.15, 0.2) is 17.3 Å². The lowest BCUT2D eigenvalue weighted by atomic mass is 10.0. The van der Waals surface area contributed by atoms with Gasteiger partial charge in [-0.05, 0) is 35.7 Å². The van der Waals surface area contributed by atoms with Crippen molar-refractivity contribution in [3.8, 4) is 11.5 Å². The molecule has 138 valence electrons. The van der Waals surface area contributed by atoms with Crippen LogP contribution in [0.1, 0.15) is 30.0 Å². The lowest BCUT2D eigenvalue weighted by Crippen LogP contribution is -2.45. The molecule has 1 aromatic carbocycles. The molecular formula is C18H18ClNO6. The van der Waals surface area contributed by atoms with Gasteiger partial charge in [0.2, 0.25) is 6.79 Å². The number of hydrogen-bond acceptors (Lipinski definition) is 6. The number of hydrogen-bond donors (Lipinski definition) is 1. The summed E-state index contributed by atoms with van der Waals surface area (Å²) >= 11 is 6.12. The third-order valence-corrected chi connectivity index (χ3v) is 4.10. The van der Waals surface area contributed by atoms with E-state index >= 15 is 0 Å². The van der Waals surface area contributed by atoms with E-state index in [0.29, 0.717) is 22.1 Å². The first-order valence-electron chi connectivity index (χ1n) is 8.04. The van der Waals surface area contributed by atoms with E-state index in [9.17, 15) is 9.59 Å². The van der Waals surface area contributed by atoms with Crippen molar-refractivity contribution in [3.05, 3.63) is 46.9 Å². The van der Waals surface area contributed by atoms with Crippen molar-refractivity contribution in [2.75, 3.05) is 6.79 Å². The molecule has 1 aliphatic rings. The van der Waals surface area contributed by atoms with E-state index in [1.54, 1.807) is 18.2 Å². The van der Waals surface area contributed by atoms with Crippen LogP contribution in [0.15, 0.2) is 34.9 Å². The number of benzene rings is 1. The zero-order valence-corrected chi connectivity index (χ0v) is 15.0. The van der Waals surface area contributed by atoms with Crippen molar-refractivity contribution in [1.29, 1.82) is 0 Å². The maximum Gasteiger partial charge on any atom is 0.329 e. The summed E-state index contributed by atoms with van der Waals surface area (Å²) in [5, 5.41) is 3.02. The first kappa shape index (κ1) is 18.1. The van der Waals surface area contributed by atoms with Gasteiger partial charge in [-0.2, -0.15) is 0 Å². The zero-order chi connectivity index (χ0) is 18.7. The first-order chi connectivity index (χ1) is 12.5. The number of fused-ring (bicyclic) bond motifs is 1. The van der Waals surface area contributed by atoms with Crippen molar-refractivity contribution in [2.45, 2.75) is 26.5 Å². The third kappa shape index (κ3) is 3.94. The van der Waals surface area contributed by atoms with Crippen molar-refractivity contribution >= 4 is 23.5 Å². The molecule has 2 aromatic rings. The molecule has 0 aliphatic carbocycles. The van der Waals surface area contributed by atoms with Crippen molar-refractivity contribution in [2.24, 2.45) is 5.92 Å². The number of carbonyl (C=O) groups is 2. The topological polar surface area (TPSA) is 87.0 Å². The molecular weight excluding hydrogens is 362 g/mol. The largest absolute Gasteiger partial charge is 0.459 e. The highest BCUT2D eigenvalue weighted by molar-refractivity contribution is 6.32. The maximum absolute atomic E-state index is 12.4. The molecule has 3 rings (SSSR count). The van der Waals surface area contributed by atoms with Crippen LogP contribution >= 0.6 is 11.6 Å². The standard InChI is InChI=1S/C18H18ClNO6/c1-10(2)15(20-17(21)13-4-3-5-23-13)18(22)24-8-11-6-12(19)16-14(7-11)25-9-26-16/h3-7,10,15H,8-9H2,1-2H3,(H,20,21)/t15-/m0/s1. The van der Waals surface area contributed by atoms with Gasteiger partial charge in [0.25, 0.3) is 5.91 Å². The Morgan fingerprint density at radius 3 is 2.81 bits per heavy atom. The maximum atomic E-state index is 12.4. The Labute approximate surface area is 155 Å². The van der Waals surface area contributed by atoms with Gasteiger partial charge >= 0.3 is 5.97 Å². The number of halogens is 1. The van der Waals surface area contributed by atoms with Crippen LogP contribution in [0.4, 0.5) is 0 Å². The second-order valence-corrected chi connectivity index (χ2v) is 6.50. The molecule has 26 heavy (non-hydrogen) atoms. The minimum atomic E-state index is -0.808. The van der Waals surface area contributed by atoms with Gasteiger partial charge in [-0.3, -0.25) is 4.79 Å². The Bertz CT molecular complexity index is 802. The summed E-state index contributed by atoms with van der Waals surface area (Å²) < 4.78 is 20.9. The van der Waals surface area contributed by atoms with Gasteiger partial charge in [-0.15, -0.1) is 0 Å². The fourth-order valence-electron chi connectivity index (χ4n) is 2.47. The van der Waals surface area contributed by atoms with Crippen LogP contribution in [0.25, 0.3) is 0 Å². The lowest BCUT2D eigenvalue weighted by Gasteiger charge is -2.20. The number of nitrogens with one attached hydrogen (secondary N) is 1. The third-order valence-electron chi connectivity index (χ3n) is 3.82. The fourth-order valence-corrected chi connectivity index (χ4v) is 2.75. The molecule has 0 bridgehead atoms. The van der Waals surface area contributed by atoms with Crippen molar-refractivity contribution in [1.82, 2.24) is 5.32 Å². The predicted octanol–water partition coefficient (Wildman–Crippen LogP) is 3.16. The quantitative estimate of drug-likeness (QED) is 0.776. The molecule has 0 saturated heterocycles. The highest BCUT2D eigenvalue weighted by Gasteiger charge is 2.27. The average molecular weight is 380 g/mol. The van der Waals surface area contributed by atoms with E-state index in [1.165, 1.54) is 12.3 Å². The summed E-state index contributed by atoms with van der Waals surface area (Å²) in [5.41, 5.74) is 0.660.